The lowest BCUT2D eigenvalue weighted by Crippen LogP contribution is -2.11. The van der Waals surface area contributed by atoms with Crippen LogP contribution >= 0.6 is 0 Å². The summed E-state index contributed by atoms with van der Waals surface area (Å²) in [6, 6.07) is 7.28. The van der Waals surface area contributed by atoms with E-state index < -0.39 is 5.97 Å². The minimum Gasteiger partial charge on any atom is -0.481 e. The first-order valence-electron chi connectivity index (χ1n) is 12.3. The number of tetrazole rings is 1. The average Bonchev–Trinajstić information content (AvgIpc) is 3.38. The van der Waals surface area contributed by atoms with Gasteiger partial charge in [-0.1, -0.05) is 6.07 Å². The highest BCUT2D eigenvalue weighted by molar-refractivity contribution is 5.79. The first kappa shape index (κ1) is 23.2. The van der Waals surface area contributed by atoms with Crippen LogP contribution in [0.25, 0.3) is 22.5 Å². The number of aliphatic carboxylic acids is 1. The molecular formula is C27H26FN7O2. The molecule has 2 aliphatic carbocycles. The molecule has 1 fully saturated rings. The lowest BCUT2D eigenvalue weighted by atomic mass is 9.89. The minimum absolute atomic E-state index is 0.0751. The number of nitrogens with zero attached hydrogens (tertiary/aromatic N) is 6. The van der Waals surface area contributed by atoms with Gasteiger partial charge in [0.15, 0.2) is 0 Å². The molecule has 10 heteroatoms. The molecule has 0 aliphatic heterocycles. The maximum Gasteiger partial charge on any atom is 0.307 e. The van der Waals surface area contributed by atoms with Crippen molar-refractivity contribution in [3.05, 3.63) is 70.4 Å². The number of aromatic nitrogens is 6. The van der Waals surface area contributed by atoms with Crippen LogP contribution in [0.3, 0.4) is 0 Å². The highest BCUT2D eigenvalue weighted by Crippen LogP contribution is 2.47. The van der Waals surface area contributed by atoms with Gasteiger partial charge in [-0.3, -0.25) is 9.78 Å². The summed E-state index contributed by atoms with van der Waals surface area (Å²) in [6.45, 7) is 4.10. The Morgan fingerprint density at radius 2 is 1.95 bits per heavy atom. The number of benzene rings is 2. The zero-order valence-electron chi connectivity index (χ0n) is 20.7. The summed E-state index contributed by atoms with van der Waals surface area (Å²) < 4.78 is 15.2. The second kappa shape index (κ2) is 8.72. The van der Waals surface area contributed by atoms with Crippen molar-refractivity contribution in [2.75, 3.05) is 5.32 Å². The number of anilines is 1. The van der Waals surface area contributed by atoms with Crippen LogP contribution < -0.4 is 5.32 Å². The number of fused-ring (bicyclic) bond motifs is 1. The third kappa shape index (κ3) is 4.12. The Hall–Kier alpha value is -4.21. The molecule has 37 heavy (non-hydrogen) atoms. The zero-order valence-corrected chi connectivity index (χ0v) is 20.7. The van der Waals surface area contributed by atoms with Gasteiger partial charge in [0.1, 0.15) is 11.6 Å². The molecular weight excluding hydrogens is 473 g/mol. The Labute approximate surface area is 212 Å². The second-order valence-electron chi connectivity index (χ2n) is 9.92. The van der Waals surface area contributed by atoms with Crippen LogP contribution in [0, 0.1) is 25.6 Å². The number of hydrogen-bond donors (Lipinski definition) is 2. The molecule has 2 aromatic carbocycles. The molecule has 0 bridgehead atoms. The van der Waals surface area contributed by atoms with Gasteiger partial charge in [-0.15, -0.1) is 10.2 Å². The first-order chi connectivity index (χ1) is 17.8. The maximum absolute atomic E-state index is 15.2. The standard InChI is InChI=1S/C27H26FN7O2/c1-13-8-15(26-32-34-35(3)33-26)9-14(2)24(13)16-4-6-20(28)25-17(16)5-7-21(25)31-23-12-29-22(11-30-23)18-10-19(18)27(36)37/h4,6,8-9,11-12,18-19,21H,5,7,10H2,1-3H3,(H,30,31)(H,36,37)/t18-,19-,21?/m1/s1. The quantitative estimate of drug-likeness (QED) is 0.401. The first-order valence-corrected chi connectivity index (χ1v) is 12.3. The lowest BCUT2D eigenvalue weighted by molar-refractivity contribution is -0.138. The predicted molar refractivity (Wildman–Crippen MR) is 134 cm³/mol. The van der Waals surface area contributed by atoms with Crippen molar-refractivity contribution in [3.63, 3.8) is 0 Å². The molecule has 6 rings (SSSR count). The molecule has 2 aliphatic rings. The number of halogens is 1. The highest BCUT2D eigenvalue weighted by atomic mass is 19.1. The smallest absolute Gasteiger partial charge is 0.307 e. The number of carboxylic acids is 1. The lowest BCUT2D eigenvalue weighted by Gasteiger charge is -2.18. The van der Waals surface area contributed by atoms with Crippen molar-refractivity contribution in [1.82, 2.24) is 30.2 Å². The summed E-state index contributed by atoms with van der Waals surface area (Å²) in [5, 5.41) is 24.9. The summed E-state index contributed by atoms with van der Waals surface area (Å²) in [4.78, 5) is 21.4. The van der Waals surface area contributed by atoms with Crippen LogP contribution in [-0.2, 0) is 18.3 Å². The van der Waals surface area contributed by atoms with E-state index in [9.17, 15) is 4.79 Å². The van der Waals surface area contributed by atoms with E-state index >= 15 is 4.39 Å². The molecule has 188 valence electrons. The molecule has 2 N–H and O–H groups in total. The Kier molecular flexibility index (Phi) is 5.47. The fourth-order valence-electron chi connectivity index (χ4n) is 5.59. The van der Waals surface area contributed by atoms with Crippen LogP contribution in [0.4, 0.5) is 10.2 Å². The van der Waals surface area contributed by atoms with E-state index in [0.717, 1.165) is 46.2 Å². The van der Waals surface area contributed by atoms with Crippen molar-refractivity contribution in [2.45, 2.75) is 45.1 Å². The number of hydrogen-bond acceptors (Lipinski definition) is 7. The molecule has 2 aromatic heterocycles. The van der Waals surface area contributed by atoms with Gasteiger partial charge >= 0.3 is 5.97 Å². The normalized spacial score (nSPS) is 20.1. The van der Waals surface area contributed by atoms with Crippen molar-refractivity contribution in [2.24, 2.45) is 13.0 Å². The van der Waals surface area contributed by atoms with E-state index in [1.165, 1.54) is 4.80 Å². The molecule has 0 radical (unpaired) electrons. The molecule has 2 heterocycles. The molecule has 4 aromatic rings. The molecule has 1 unspecified atom stereocenters. The number of carbonyl (C=O) groups is 1. The molecule has 3 atom stereocenters. The summed E-state index contributed by atoms with van der Waals surface area (Å²) in [7, 11) is 1.73. The number of aryl methyl sites for hydroxylation is 3. The van der Waals surface area contributed by atoms with Gasteiger partial charge in [0.05, 0.1) is 37.1 Å². The molecule has 9 nitrogen and oxygen atoms in total. The Morgan fingerprint density at radius 3 is 2.57 bits per heavy atom. The third-order valence-electron chi connectivity index (χ3n) is 7.39. The number of nitrogens with one attached hydrogen (secondary N) is 1. The van der Waals surface area contributed by atoms with E-state index in [0.29, 0.717) is 29.3 Å². The fourth-order valence-corrected chi connectivity index (χ4v) is 5.59. The van der Waals surface area contributed by atoms with Crippen LogP contribution in [0.5, 0.6) is 0 Å². The van der Waals surface area contributed by atoms with Crippen LogP contribution in [0.1, 0.15) is 52.7 Å². The molecule has 0 amide bonds. The Morgan fingerprint density at radius 1 is 1.16 bits per heavy atom. The number of rotatable bonds is 6. The van der Waals surface area contributed by atoms with E-state index in [1.807, 2.05) is 18.2 Å². The molecule has 0 saturated heterocycles. The third-order valence-corrected chi connectivity index (χ3v) is 7.39. The van der Waals surface area contributed by atoms with Gasteiger partial charge in [0.25, 0.3) is 0 Å². The van der Waals surface area contributed by atoms with Gasteiger partial charge in [-0.25, -0.2) is 9.37 Å². The van der Waals surface area contributed by atoms with Gasteiger partial charge < -0.3 is 10.4 Å². The predicted octanol–water partition coefficient (Wildman–Crippen LogP) is 4.38. The van der Waals surface area contributed by atoms with E-state index in [1.54, 1.807) is 25.5 Å². The fraction of sp³-hybridized carbons (Fsp3) is 0.333. The van der Waals surface area contributed by atoms with Gasteiger partial charge in [0.2, 0.25) is 5.82 Å². The van der Waals surface area contributed by atoms with Crippen molar-refractivity contribution in [3.8, 4) is 22.5 Å². The van der Waals surface area contributed by atoms with Crippen LogP contribution in [0.15, 0.2) is 36.7 Å². The monoisotopic (exact) mass is 499 g/mol. The number of carboxylic acid groups (broad SMARTS) is 1. The molecule has 0 spiro atoms. The summed E-state index contributed by atoms with van der Waals surface area (Å²) >= 11 is 0. The second-order valence-corrected chi connectivity index (χ2v) is 9.92. The van der Waals surface area contributed by atoms with Crippen LogP contribution in [-0.4, -0.2) is 41.3 Å². The summed E-state index contributed by atoms with van der Waals surface area (Å²) in [5.41, 5.74) is 7.49. The SMILES string of the molecule is Cc1cc(-c2nnn(C)n2)cc(C)c1-c1ccc(F)c2c1CCC2Nc1cnc([C@@H]2C[C@H]2C(=O)O)cn1. The van der Waals surface area contributed by atoms with Gasteiger partial charge in [-0.05, 0) is 84.3 Å². The van der Waals surface area contributed by atoms with Gasteiger partial charge in [-0.2, -0.15) is 4.80 Å². The molecule has 1 saturated carbocycles. The van der Waals surface area contributed by atoms with E-state index in [-0.39, 0.29) is 23.7 Å². The topological polar surface area (TPSA) is 119 Å². The Balaban J connectivity index is 1.29. The summed E-state index contributed by atoms with van der Waals surface area (Å²) in [6.07, 6.45) is 5.30. The largest absolute Gasteiger partial charge is 0.481 e. The van der Waals surface area contributed by atoms with E-state index in [4.69, 9.17) is 5.11 Å². The average molecular weight is 500 g/mol. The van der Waals surface area contributed by atoms with Gasteiger partial charge in [0, 0.05) is 17.0 Å². The summed E-state index contributed by atoms with van der Waals surface area (Å²) in [5.74, 6) is -0.369. The van der Waals surface area contributed by atoms with Crippen molar-refractivity contribution in [1.29, 1.82) is 0 Å². The van der Waals surface area contributed by atoms with Crippen molar-refractivity contribution >= 4 is 11.8 Å². The van der Waals surface area contributed by atoms with E-state index in [2.05, 4.69) is 44.5 Å². The Bertz CT molecular complexity index is 1510. The van der Waals surface area contributed by atoms with Crippen molar-refractivity contribution < 1.29 is 14.3 Å². The van der Waals surface area contributed by atoms with Crippen LogP contribution in [0.2, 0.25) is 0 Å². The minimum atomic E-state index is -0.798. The zero-order chi connectivity index (χ0) is 25.8. The maximum atomic E-state index is 15.2. The highest BCUT2D eigenvalue weighted by Gasteiger charge is 2.45.